The molecule has 0 fully saturated rings. The summed E-state index contributed by atoms with van der Waals surface area (Å²) >= 11 is 0. The highest BCUT2D eigenvalue weighted by Gasteiger charge is 2.19. The molecule has 1 rings (SSSR count). The van der Waals surface area contributed by atoms with Crippen molar-refractivity contribution in [2.75, 3.05) is 0 Å². The van der Waals surface area contributed by atoms with Crippen molar-refractivity contribution in [3.8, 4) is 5.75 Å². The normalized spacial score (nSPS) is 13.2. The Balaban J connectivity index is 3.18. The van der Waals surface area contributed by atoms with E-state index in [1.807, 2.05) is 45.9 Å². The fourth-order valence-electron chi connectivity index (χ4n) is 1.68. The molecule has 0 amide bonds. The quantitative estimate of drug-likeness (QED) is 0.796. The zero-order valence-corrected chi connectivity index (χ0v) is 11.4. The van der Waals surface area contributed by atoms with E-state index >= 15 is 0 Å². The molecule has 0 aliphatic heterocycles. The second-order valence-corrected chi connectivity index (χ2v) is 5.27. The molecular weight excluding hydrogens is 242 g/mol. The highest BCUT2D eigenvalue weighted by molar-refractivity contribution is 7.40. The number of rotatable bonds is 5. The molecule has 1 atom stereocenters. The minimum atomic E-state index is -2.50. The van der Waals surface area contributed by atoms with E-state index in [1.165, 1.54) is 0 Å². The summed E-state index contributed by atoms with van der Waals surface area (Å²) in [5.41, 5.74) is 1.88. The summed E-state index contributed by atoms with van der Waals surface area (Å²) in [6.45, 7) is 8.06. The molecular formula is C12H18FO3P. The first kappa shape index (κ1) is 14.4. The highest BCUT2D eigenvalue weighted by atomic mass is 31.2. The molecule has 17 heavy (non-hydrogen) atoms. The molecule has 1 N–H and O–H groups in total. The Morgan fingerprint density at radius 3 is 1.94 bits per heavy atom. The van der Waals surface area contributed by atoms with Gasteiger partial charge in [-0.1, -0.05) is 50.6 Å². The predicted molar refractivity (Wildman–Crippen MR) is 66.6 cm³/mol. The molecule has 96 valence electrons. The Labute approximate surface area is 102 Å². The van der Waals surface area contributed by atoms with Gasteiger partial charge in [0.2, 0.25) is 0 Å². The fraction of sp³-hybridized carbons (Fsp3) is 0.500. The van der Waals surface area contributed by atoms with Crippen LogP contribution in [0.4, 0.5) is 4.53 Å². The number of hydrogen-bond acceptors (Lipinski definition) is 3. The van der Waals surface area contributed by atoms with E-state index in [0.29, 0.717) is 5.75 Å². The molecule has 0 radical (unpaired) electrons. The van der Waals surface area contributed by atoms with Crippen LogP contribution in [-0.4, -0.2) is 4.89 Å². The molecule has 0 bridgehead atoms. The zero-order chi connectivity index (χ0) is 13.0. The first-order valence-electron chi connectivity index (χ1n) is 5.55. The maximum absolute atomic E-state index is 11.9. The lowest BCUT2D eigenvalue weighted by Gasteiger charge is -2.19. The van der Waals surface area contributed by atoms with E-state index in [-0.39, 0.29) is 11.8 Å². The van der Waals surface area contributed by atoms with Gasteiger partial charge >= 0.3 is 8.60 Å². The van der Waals surface area contributed by atoms with Crippen molar-refractivity contribution in [2.24, 2.45) is 0 Å². The third-order valence-electron chi connectivity index (χ3n) is 2.55. The molecule has 1 unspecified atom stereocenters. The molecule has 0 aromatic heterocycles. The number of para-hydroxylation sites is 1. The summed E-state index contributed by atoms with van der Waals surface area (Å²) in [7, 11) is -2.50. The van der Waals surface area contributed by atoms with E-state index < -0.39 is 8.60 Å². The van der Waals surface area contributed by atoms with Crippen LogP contribution in [0.3, 0.4) is 0 Å². The summed E-state index contributed by atoms with van der Waals surface area (Å²) in [6, 6.07) is 5.76. The van der Waals surface area contributed by atoms with Crippen molar-refractivity contribution in [1.82, 2.24) is 0 Å². The van der Waals surface area contributed by atoms with E-state index in [1.54, 1.807) is 0 Å². The Bertz CT molecular complexity index is 343. The summed E-state index contributed by atoms with van der Waals surface area (Å²) in [4.78, 5) is 9.17. The molecule has 1 aromatic rings. The van der Waals surface area contributed by atoms with E-state index in [2.05, 4.69) is 4.73 Å². The molecule has 0 spiro atoms. The third kappa shape index (κ3) is 3.63. The van der Waals surface area contributed by atoms with Gasteiger partial charge in [0.1, 0.15) is 5.75 Å². The van der Waals surface area contributed by atoms with Crippen LogP contribution in [0, 0.1) is 0 Å². The Kier molecular flexibility index (Phi) is 5.31. The second-order valence-electron chi connectivity index (χ2n) is 4.47. The summed E-state index contributed by atoms with van der Waals surface area (Å²) in [5.74, 6) is 0.988. The van der Waals surface area contributed by atoms with Gasteiger partial charge in [-0.2, -0.15) is 0 Å². The van der Waals surface area contributed by atoms with E-state index in [4.69, 9.17) is 9.42 Å². The minimum Gasteiger partial charge on any atom is -0.425 e. The number of benzene rings is 1. The van der Waals surface area contributed by atoms with Gasteiger partial charge in [0.15, 0.2) is 0 Å². The van der Waals surface area contributed by atoms with Crippen molar-refractivity contribution in [1.29, 1.82) is 0 Å². The molecule has 0 heterocycles. The van der Waals surface area contributed by atoms with Crippen LogP contribution < -0.4 is 4.52 Å². The van der Waals surface area contributed by atoms with Crippen LogP contribution in [0.1, 0.15) is 50.7 Å². The van der Waals surface area contributed by atoms with Gasteiger partial charge < -0.3 is 9.42 Å². The van der Waals surface area contributed by atoms with Crippen LogP contribution in [0.5, 0.6) is 5.75 Å². The van der Waals surface area contributed by atoms with E-state index in [0.717, 1.165) is 11.1 Å². The molecule has 0 aliphatic rings. The minimum absolute atomic E-state index is 0.228. The van der Waals surface area contributed by atoms with Crippen molar-refractivity contribution < 1.29 is 18.7 Å². The predicted octanol–water partition coefficient (Wildman–Crippen LogP) is 4.43. The van der Waals surface area contributed by atoms with Crippen LogP contribution in [0.15, 0.2) is 18.2 Å². The van der Waals surface area contributed by atoms with Crippen LogP contribution in [-0.2, 0) is 4.73 Å². The van der Waals surface area contributed by atoms with Gasteiger partial charge in [-0.15, -0.1) is 0 Å². The van der Waals surface area contributed by atoms with Gasteiger partial charge in [-0.3, -0.25) is 0 Å². The Hall–Kier alpha value is -0.700. The molecule has 0 saturated carbocycles. The Morgan fingerprint density at radius 1 is 1.12 bits per heavy atom. The third-order valence-corrected chi connectivity index (χ3v) is 3.01. The molecule has 0 aliphatic carbocycles. The fourth-order valence-corrected chi connectivity index (χ4v) is 2.08. The second kappa shape index (κ2) is 6.29. The van der Waals surface area contributed by atoms with Gasteiger partial charge in [0.05, 0.1) is 0 Å². The number of hydrogen-bond donors (Lipinski definition) is 1. The standard InChI is InChI=1S/C12H18FO3P/c1-8(2)10-6-5-7-11(9(3)4)12(10)15-17(14)16-13/h5-9,14H,1-4H3. The first-order valence-corrected chi connectivity index (χ1v) is 6.68. The summed E-state index contributed by atoms with van der Waals surface area (Å²) in [5, 5.41) is 0. The lowest BCUT2D eigenvalue weighted by atomic mass is 9.94. The van der Waals surface area contributed by atoms with Crippen LogP contribution >= 0.6 is 8.60 Å². The maximum Gasteiger partial charge on any atom is 0.428 e. The van der Waals surface area contributed by atoms with Crippen molar-refractivity contribution in [3.05, 3.63) is 29.3 Å². The van der Waals surface area contributed by atoms with Crippen LogP contribution in [0.25, 0.3) is 0 Å². The average molecular weight is 260 g/mol. The Morgan fingerprint density at radius 2 is 1.59 bits per heavy atom. The molecule has 0 saturated heterocycles. The highest BCUT2D eigenvalue weighted by Crippen LogP contribution is 2.42. The largest absolute Gasteiger partial charge is 0.428 e. The summed E-state index contributed by atoms with van der Waals surface area (Å²) < 4.78 is 20.4. The summed E-state index contributed by atoms with van der Waals surface area (Å²) in [6.07, 6.45) is 0. The van der Waals surface area contributed by atoms with Crippen LogP contribution in [0.2, 0.25) is 0 Å². The van der Waals surface area contributed by atoms with Gasteiger partial charge in [-0.05, 0) is 27.5 Å². The average Bonchev–Trinajstić information content (AvgIpc) is 2.28. The van der Waals surface area contributed by atoms with Crippen molar-refractivity contribution in [3.63, 3.8) is 0 Å². The van der Waals surface area contributed by atoms with Gasteiger partial charge in [0.25, 0.3) is 0 Å². The maximum atomic E-state index is 11.9. The topological polar surface area (TPSA) is 38.7 Å². The van der Waals surface area contributed by atoms with Gasteiger partial charge in [-0.25, -0.2) is 0 Å². The van der Waals surface area contributed by atoms with Crippen molar-refractivity contribution in [2.45, 2.75) is 39.5 Å². The molecule has 3 nitrogen and oxygen atoms in total. The lowest BCUT2D eigenvalue weighted by Crippen LogP contribution is -2.00. The van der Waals surface area contributed by atoms with Gasteiger partial charge in [0, 0.05) is 0 Å². The van der Waals surface area contributed by atoms with Crippen molar-refractivity contribution >= 4 is 8.60 Å². The monoisotopic (exact) mass is 260 g/mol. The number of halogens is 1. The smallest absolute Gasteiger partial charge is 0.425 e. The van der Waals surface area contributed by atoms with E-state index in [9.17, 15) is 4.53 Å². The SMILES string of the molecule is CC(C)c1cccc(C(C)C)c1OP(O)OF. The molecule has 1 aromatic carbocycles. The zero-order valence-electron chi connectivity index (χ0n) is 10.5. The molecule has 5 heteroatoms. The lowest BCUT2D eigenvalue weighted by molar-refractivity contribution is -0.0179. The first-order chi connectivity index (χ1) is 7.97.